The maximum absolute atomic E-state index is 11.5. The van der Waals surface area contributed by atoms with E-state index in [-0.39, 0.29) is 12.5 Å². The van der Waals surface area contributed by atoms with Crippen molar-refractivity contribution in [1.29, 1.82) is 0 Å². The molecular weight excluding hydrogens is 222 g/mol. The minimum Gasteiger partial charge on any atom is -0.408 e. The molecule has 0 saturated carbocycles. The van der Waals surface area contributed by atoms with Crippen LogP contribution in [-0.2, 0) is 11.2 Å². The normalized spacial score (nSPS) is 10.3. The van der Waals surface area contributed by atoms with Gasteiger partial charge in [0.15, 0.2) is 0 Å². The van der Waals surface area contributed by atoms with Gasteiger partial charge in [-0.2, -0.15) is 0 Å². The maximum Gasteiger partial charge on any atom is 0.318 e. The summed E-state index contributed by atoms with van der Waals surface area (Å²) in [5.74, 6) is 0.435. The highest BCUT2D eigenvalue weighted by Crippen LogP contribution is 2.11. The quantitative estimate of drug-likeness (QED) is 0.670. The molecule has 7 nitrogen and oxygen atoms in total. The number of hydrogen-bond donors (Lipinski definition) is 2. The summed E-state index contributed by atoms with van der Waals surface area (Å²) in [6, 6.07) is 0.363. The van der Waals surface area contributed by atoms with E-state index in [4.69, 9.17) is 10.2 Å². The second-order valence-corrected chi connectivity index (χ2v) is 3.48. The van der Waals surface area contributed by atoms with Crippen LogP contribution >= 0.6 is 0 Å². The monoisotopic (exact) mass is 241 g/mol. The largest absolute Gasteiger partial charge is 0.408 e. The van der Waals surface area contributed by atoms with Crippen molar-refractivity contribution in [1.82, 2.24) is 15.5 Å². The van der Waals surface area contributed by atoms with Crippen LogP contribution < -0.4 is 16.0 Å². The number of amides is 1. The summed E-state index contributed by atoms with van der Waals surface area (Å²) >= 11 is 0. The number of likely N-dealkylation sites (N-methyl/N-ethyl adjacent to an activating group) is 2. The molecule has 7 heteroatoms. The van der Waals surface area contributed by atoms with Gasteiger partial charge in [0.25, 0.3) is 0 Å². The summed E-state index contributed by atoms with van der Waals surface area (Å²) in [5.41, 5.74) is 5.39. The highest BCUT2D eigenvalue weighted by Gasteiger charge is 2.15. The number of carbonyl (C=O) groups is 1. The third-order valence-electron chi connectivity index (χ3n) is 2.18. The number of anilines is 1. The minimum atomic E-state index is -0.0621. The molecule has 0 aliphatic rings. The van der Waals surface area contributed by atoms with Crippen LogP contribution in [0.5, 0.6) is 0 Å². The molecule has 0 saturated heterocycles. The van der Waals surface area contributed by atoms with E-state index < -0.39 is 0 Å². The molecule has 0 spiro atoms. The first-order chi connectivity index (χ1) is 8.21. The lowest BCUT2D eigenvalue weighted by Crippen LogP contribution is -2.37. The average molecular weight is 241 g/mol. The number of nitrogens with two attached hydrogens (primary N) is 1. The smallest absolute Gasteiger partial charge is 0.318 e. The molecule has 0 radical (unpaired) electrons. The molecule has 1 rings (SSSR count). The number of nitrogens with one attached hydrogen (secondary N) is 1. The molecule has 0 fully saturated rings. The summed E-state index contributed by atoms with van der Waals surface area (Å²) in [4.78, 5) is 13.2. The maximum atomic E-state index is 11.5. The summed E-state index contributed by atoms with van der Waals surface area (Å²) < 4.78 is 5.40. The summed E-state index contributed by atoms with van der Waals surface area (Å²) in [7, 11) is 0. The van der Waals surface area contributed by atoms with Crippen LogP contribution in [0.1, 0.15) is 19.7 Å². The van der Waals surface area contributed by atoms with Crippen molar-refractivity contribution < 1.29 is 9.21 Å². The topological polar surface area (TPSA) is 97.3 Å². The molecule has 0 aliphatic carbocycles. The fourth-order valence-electron chi connectivity index (χ4n) is 1.34. The molecule has 0 aromatic carbocycles. The molecule has 1 aromatic rings. The standard InChI is InChI=1S/C10H19N5O2/c1-3-12-8(16)7-15(4-2)10-14-13-9(17-10)5-6-11/h3-7,11H2,1-2H3,(H,12,16). The Hall–Kier alpha value is -1.63. The fraction of sp³-hybridized carbons (Fsp3) is 0.700. The lowest BCUT2D eigenvalue weighted by Gasteiger charge is -2.16. The molecule has 1 aromatic heterocycles. The third-order valence-corrected chi connectivity index (χ3v) is 2.18. The Morgan fingerprint density at radius 1 is 1.47 bits per heavy atom. The van der Waals surface area contributed by atoms with Gasteiger partial charge in [-0.3, -0.25) is 4.79 Å². The second kappa shape index (κ2) is 6.85. The predicted octanol–water partition coefficient (Wildman–Crippen LogP) is -0.467. The Bertz CT molecular complexity index is 352. The van der Waals surface area contributed by atoms with Crippen LogP contribution in [0.4, 0.5) is 6.01 Å². The van der Waals surface area contributed by atoms with Crippen LogP contribution in [0.15, 0.2) is 4.42 Å². The van der Waals surface area contributed by atoms with Gasteiger partial charge in [0.2, 0.25) is 11.8 Å². The Morgan fingerprint density at radius 3 is 2.82 bits per heavy atom. The zero-order valence-electron chi connectivity index (χ0n) is 10.3. The molecule has 0 unspecified atom stereocenters. The number of nitrogens with zero attached hydrogens (tertiary/aromatic N) is 3. The predicted molar refractivity (Wildman–Crippen MR) is 63.6 cm³/mol. The summed E-state index contributed by atoms with van der Waals surface area (Å²) in [5, 5.41) is 10.5. The first-order valence-corrected chi connectivity index (χ1v) is 5.75. The fourth-order valence-corrected chi connectivity index (χ4v) is 1.34. The van der Waals surface area contributed by atoms with Gasteiger partial charge in [0, 0.05) is 26.1 Å². The van der Waals surface area contributed by atoms with E-state index in [1.165, 1.54) is 0 Å². The zero-order chi connectivity index (χ0) is 12.7. The zero-order valence-corrected chi connectivity index (χ0v) is 10.3. The van der Waals surface area contributed by atoms with Gasteiger partial charge in [-0.05, 0) is 13.8 Å². The van der Waals surface area contributed by atoms with Crippen molar-refractivity contribution in [2.75, 3.05) is 31.1 Å². The Balaban J connectivity index is 2.62. The van der Waals surface area contributed by atoms with E-state index in [1.54, 1.807) is 4.90 Å². The SMILES string of the molecule is CCNC(=O)CN(CC)c1nnc(CCN)o1. The summed E-state index contributed by atoms with van der Waals surface area (Å²) in [6.45, 7) is 5.71. The van der Waals surface area contributed by atoms with Crippen molar-refractivity contribution in [2.24, 2.45) is 5.73 Å². The van der Waals surface area contributed by atoms with E-state index in [2.05, 4.69) is 15.5 Å². The van der Waals surface area contributed by atoms with Crippen LogP contribution in [0, 0.1) is 0 Å². The average Bonchev–Trinajstić information content (AvgIpc) is 2.75. The summed E-state index contributed by atoms with van der Waals surface area (Å²) in [6.07, 6.45) is 0.547. The first kappa shape index (κ1) is 13.4. The van der Waals surface area contributed by atoms with Gasteiger partial charge in [-0.15, -0.1) is 5.10 Å². The van der Waals surface area contributed by atoms with E-state index in [9.17, 15) is 4.79 Å². The van der Waals surface area contributed by atoms with Gasteiger partial charge >= 0.3 is 6.01 Å². The Morgan fingerprint density at radius 2 is 2.24 bits per heavy atom. The Labute approximate surface area is 100 Å². The van der Waals surface area contributed by atoms with Crippen molar-refractivity contribution in [3.63, 3.8) is 0 Å². The van der Waals surface area contributed by atoms with Gasteiger partial charge in [-0.25, -0.2) is 0 Å². The van der Waals surface area contributed by atoms with Gasteiger partial charge < -0.3 is 20.4 Å². The van der Waals surface area contributed by atoms with Gasteiger partial charge in [-0.1, -0.05) is 5.10 Å². The van der Waals surface area contributed by atoms with Crippen LogP contribution in [0.25, 0.3) is 0 Å². The highest BCUT2D eigenvalue weighted by molar-refractivity contribution is 5.80. The van der Waals surface area contributed by atoms with Crippen molar-refractivity contribution >= 4 is 11.9 Å². The molecule has 0 atom stereocenters. The van der Waals surface area contributed by atoms with E-state index in [0.29, 0.717) is 38.0 Å². The van der Waals surface area contributed by atoms with E-state index in [1.807, 2.05) is 13.8 Å². The van der Waals surface area contributed by atoms with Gasteiger partial charge in [0.05, 0.1) is 0 Å². The van der Waals surface area contributed by atoms with Crippen molar-refractivity contribution in [3.05, 3.63) is 5.89 Å². The van der Waals surface area contributed by atoms with Crippen molar-refractivity contribution in [3.8, 4) is 0 Å². The van der Waals surface area contributed by atoms with E-state index >= 15 is 0 Å². The number of carbonyl (C=O) groups excluding carboxylic acids is 1. The number of rotatable bonds is 7. The molecule has 17 heavy (non-hydrogen) atoms. The van der Waals surface area contributed by atoms with Crippen LogP contribution in [0.2, 0.25) is 0 Å². The molecule has 3 N–H and O–H groups in total. The molecular formula is C10H19N5O2. The molecule has 0 bridgehead atoms. The molecule has 0 aliphatic heterocycles. The Kier molecular flexibility index (Phi) is 5.41. The van der Waals surface area contributed by atoms with E-state index in [0.717, 1.165) is 0 Å². The number of hydrogen-bond acceptors (Lipinski definition) is 6. The van der Waals surface area contributed by atoms with Crippen LogP contribution in [0.3, 0.4) is 0 Å². The van der Waals surface area contributed by atoms with Crippen molar-refractivity contribution in [2.45, 2.75) is 20.3 Å². The lowest BCUT2D eigenvalue weighted by atomic mass is 10.4. The molecule has 1 amide bonds. The highest BCUT2D eigenvalue weighted by atomic mass is 16.4. The first-order valence-electron chi connectivity index (χ1n) is 5.75. The minimum absolute atomic E-state index is 0.0621. The van der Waals surface area contributed by atoms with Gasteiger partial charge in [0.1, 0.15) is 6.54 Å². The molecule has 96 valence electrons. The molecule has 1 heterocycles. The third kappa shape index (κ3) is 4.03. The van der Waals surface area contributed by atoms with Crippen LogP contribution in [-0.4, -0.2) is 42.3 Å². The number of aromatic nitrogens is 2. The lowest BCUT2D eigenvalue weighted by molar-refractivity contribution is -0.119. The second-order valence-electron chi connectivity index (χ2n) is 3.48.